The summed E-state index contributed by atoms with van der Waals surface area (Å²) in [7, 11) is -3.51. The molecule has 1 fully saturated rings. The fraction of sp³-hybridized carbons (Fsp3) is 1.00. The average molecular weight is 192 g/mol. The van der Waals surface area contributed by atoms with Gasteiger partial charge in [0.05, 0.1) is 0 Å². The van der Waals surface area contributed by atoms with Crippen LogP contribution in [-0.4, -0.2) is 14.5 Å². The van der Waals surface area contributed by atoms with Crippen molar-refractivity contribution in [3.63, 3.8) is 0 Å². The molecule has 2 atom stereocenters. The summed E-state index contributed by atoms with van der Waals surface area (Å²) in [6.07, 6.45) is 4.30. The second-order valence-corrected chi connectivity index (χ2v) is 4.86. The smallest absolute Gasteiger partial charge is 0.216 e. The minimum absolute atomic E-state index is 0.0498. The van der Waals surface area contributed by atoms with Crippen molar-refractivity contribution in [2.45, 2.75) is 38.6 Å². The Morgan fingerprint density at radius 3 is 2.42 bits per heavy atom. The molecule has 0 aromatic heterocycles. The summed E-state index contributed by atoms with van der Waals surface area (Å²) in [5.41, 5.74) is 0. The van der Waals surface area contributed by atoms with Crippen LogP contribution in [0.4, 0.5) is 0 Å². The molecule has 0 spiro atoms. The molecule has 72 valence electrons. The van der Waals surface area contributed by atoms with E-state index in [-0.39, 0.29) is 6.04 Å². The van der Waals surface area contributed by atoms with Gasteiger partial charge in [-0.05, 0) is 18.8 Å². The first-order valence-corrected chi connectivity index (χ1v) is 5.84. The molecule has 1 rings (SSSR count). The lowest BCUT2D eigenvalue weighted by molar-refractivity contribution is 0.310. The van der Waals surface area contributed by atoms with Crippen LogP contribution in [0.5, 0.6) is 0 Å². The Bertz CT molecular complexity index is 238. The summed E-state index contributed by atoms with van der Waals surface area (Å²) in [6, 6.07) is 0.0498. The Balaban J connectivity index is 2.50. The van der Waals surface area contributed by atoms with E-state index in [4.69, 9.17) is 5.14 Å². The Labute approximate surface area is 73.7 Å². The molecule has 0 radical (unpaired) electrons. The fourth-order valence-corrected chi connectivity index (χ4v) is 2.47. The molecular formula is C7H16N2O2S. The molecule has 0 amide bonds. The van der Waals surface area contributed by atoms with Crippen molar-refractivity contribution in [3.05, 3.63) is 0 Å². The maximum absolute atomic E-state index is 10.7. The molecule has 4 nitrogen and oxygen atoms in total. The Morgan fingerprint density at radius 2 is 1.92 bits per heavy atom. The van der Waals surface area contributed by atoms with Crippen LogP contribution >= 0.6 is 0 Å². The average Bonchev–Trinajstić information content (AvgIpc) is 1.91. The number of nitrogens with one attached hydrogen (secondary N) is 1. The lowest BCUT2D eigenvalue weighted by Gasteiger charge is -2.28. The van der Waals surface area contributed by atoms with Gasteiger partial charge >= 0.3 is 0 Å². The van der Waals surface area contributed by atoms with Crippen molar-refractivity contribution in [1.82, 2.24) is 4.72 Å². The van der Waals surface area contributed by atoms with E-state index in [1.54, 1.807) is 0 Å². The SMILES string of the molecule is CC1CCCCC1NS(N)(=O)=O. The topological polar surface area (TPSA) is 72.2 Å². The van der Waals surface area contributed by atoms with Crippen molar-refractivity contribution in [2.24, 2.45) is 11.1 Å². The minimum Gasteiger partial charge on any atom is -0.216 e. The molecule has 0 saturated heterocycles. The molecule has 5 heteroatoms. The molecule has 0 bridgehead atoms. The Hall–Kier alpha value is -0.130. The second-order valence-electron chi connectivity index (χ2n) is 3.53. The lowest BCUT2D eigenvalue weighted by Crippen LogP contribution is -2.44. The van der Waals surface area contributed by atoms with Gasteiger partial charge in [-0.3, -0.25) is 0 Å². The van der Waals surface area contributed by atoms with Crippen molar-refractivity contribution in [3.8, 4) is 0 Å². The van der Waals surface area contributed by atoms with E-state index >= 15 is 0 Å². The van der Waals surface area contributed by atoms with Crippen LogP contribution in [-0.2, 0) is 10.2 Å². The Kier molecular flexibility index (Phi) is 3.09. The van der Waals surface area contributed by atoms with Crippen molar-refractivity contribution in [1.29, 1.82) is 0 Å². The molecule has 1 aliphatic carbocycles. The molecule has 2 unspecified atom stereocenters. The molecule has 1 aliphatic rings. The molecule has 3 N–H and O–H groups in total. The number of nitrogens with two attached hydrogens (primary N) is 1. The normalized spacial score (nSPS) is 31.8. The highest BCUT2D eigenvalue weighted by Gasteiger charge is 2.23. The molecule has 12 heavy (non-hydrogen) atoms. The summed E-state index contributed by atoms with van der Waals surface area (Å²) in [4.78, 5) is 0. The van der Waals surface area contributed by atoms with Gasteiger partial charge in [0, 0.05) is 6.04 Å². The Morgan fingerprint density at radius 1 is 1.33 bits per heavy atom. The van der Waals surface area contributed by atoms with E-state index in [1.165, 1.54) is 6.42 Å². The van der Waals surface area contributed by atoms with Gasteiger partial charge in [-0.1, -0.05) is 19.8 Å². The third-order valence-electron chi connectivity index (χ3n) is 2.43. The second kappa shape index (κ2) is 3.72. The monoisotopic (exact) mass is 192 g/mol. The van der Waals surface area contributed by atoms with Crippen LogP contribution in [0.25, 0.3) is 0 Å². The fourth-order valence-electron chi connectivity index (χ4n) is 1.70. The first-order valence-electron chi connectivity index (χ1n) is 4.29. The minimum atomic E-state index is -3.51. The van der Waals surface area contributed by atoms with Crippen LogP contribution in [0, 0.1) is 5.92 Å². The third kappa shape index (κ3) is 3.08. The van der Waals surface area contributed by atoms with Gasteiger partial charge in [0.25, 0.3) is 10.2 Å². The van der Waals surface area contributed by atoms with E-state index in [9.17, 15) is 8.42 Å². The van der Waals surface area contributed by atoms with Gasteiger partial charge in [-0.2, -0.15) is 13.1 Å². The number of hydrogen-bond donors (Lipinski definition) is 2. The lowest BCUT2D eigenvalue weighted by atomic mass is 9.87. The van der Waals surface area contributed by atoms with Crippen LogP contribution < -0.4 is 9.86 Å². The number of hydrogen-bond acceptors (Lipinski definition) is 2. The zero-order valence-corrected chi connectivity index (χ0v) is 8.10. The highest BCUT2D eigenvalue weighted by Crippen LogP contribution is 2.23. The summed E-state index contributed by atoms with van der Waals surface area (Å²) in [6.45, 7) is 2.06. The van der Waals surface area contributed by atoms with Crippen molar-refractivity contribution < 1.29 is 8.42 Å². The molecular weight excluding hydrogens is 176 g/mol. The van der Waals surface area contributed by atoms with Gasteiger partial charge < -0.3 is 0 Å². The van der Waals surface area contributed by atoms with Crippen molar-refractivity contribution in [2.75, 3.05) is 0 Å². The largest absolute Gasteiger partial charge is 0.274 e. The van der Waals surface area contributed by atoms with E-state index in [2.05, 4.69) is 11.6 Å². The van der Waals surface area contributed by atoms with Crippen LogP contribution in [0.1, 0.15) is 32.6 Å². The molecule has 0 aromatic carbocycles. The summed E-state index contributed by atoms with van der Waals surface area (Å²) in [5, 5.41) is 4.89. The van der Waals surface area contributed by atoms with E-state index in [0.29, 0.717) is 5.92 Å². The quantitative estimate of drug-likeness (QED) is 0.663. The van der Waals surface area contributed by atoms with E-state index in [0.717, 1.165) is 19.3 Å². The van der Waals surface area contributed by atoms with Crippen LogP contribution in [0.2, 0.25) is 0 Å². The van der Waals surface area contributed by atoms with Crippen LogP contribution in [0.15, 0.2) is 0 Å². The molecule has 0 heterocycles. The maximum Gasteiger partial charge on any atom is 0.274 e. The summed E-state index contributed by atoms with van der Waals surface area (Å²) in [5.74, 6) is 0.414. The molecule has 0 aromatic rings. The molecule has 1 saturated carbocycles. The van der Waals surface area contributed by atoms with Gasteiger partial charge in [-0.15, -0.1) is 0 Å². The van der Waals surface area contributed by atoms with Gasteiger partial charge in [0.15, 0.2) is 0 Å². The first-order chi connectivity index (χ1) is 5.49. The highest BCUT2D eigenvalue weighted by molar-refractivity contribution is 7.87. The predicted octanol–water partition coefficient (Wildman–Crippen LogP) is 0.358. The zero-order valence-electron chi connectivity index (χ0n) is 7.29. The number of rotatable bonds is 2. The van der Waals surface area contributed by atoms with E-state index < -0.39 is 10.2 Å². The van der Waals surface area contributed by atoms with Gasteiger partial charge in [0.2, 0.25) is 0 Å². The van der Waals surface area contributed by atoms with Crippen molar-refractivity contribution >= 4 is 10.2 Å². The van der Waals surface area contributed by atoms with Gasteiger partial charge in [-0.25, -0.2) is 5.14 Å². The standard InChI is InChI=1S/C7H16N2O2S/c1-6-4-2-3-5-7(6)9-12(8,10)11/h6-7,9H,2-5H2,1H3,(H2,8,10,11). The van der Waals surface area contributed by atoms with Gasteiger partial charge in [0.1, 0.15) is 0 Å². The summed E-state index contributed by atoms with van der Waals surface area (Å²) >= 11 is 0. The van der Waals surface area contributed by atoms with E-state index in [1.807, 2.05) is 0 Å². The maximum atomic E-state index is 10.7. The van der Waals surface area contributed by atoms with Crippen LogP contribution in [0.3, 0.4) is 0 Å². The third-order valence-corrected chi connectivity index (χ3v) is 3.06. The predicted molar refractivity (Wildman–Crippen MR) is 47.7 cm³/mol. The zero-order chi connectivity index (χ0) is 9.19. The molecule has 0 aliphatic heterocycles. The highest BCUT2D eigenvalue weighted by atomic mass is 32.2. The summed E-state index contributed by atoms with van der Waals surface area (Å²) < 4.78 is 23.9. The first kappa shape index (κ1) is 9.95.